The smallest absolute Gasteiger partial charge is 0.258 e. The molecule has 0 amide bonds. The van der Waals surface area contributed by atoms with Gasteiger partial charge in [-0.3, -0.25) is 15.5 Å². The van der Waals surface area contributed by atoms with E-state index in [1.807, 2.05) is 6.07 Å². The van der Waals surface area contributed by atoms with Crippen LogP contribution in [0.1, 0.15) is 11.1 Å². The van der Waals surface area contributed by atoms with Crippen LogP contribution in [-0.4, -0.2) is 21.6 Å². The fourth-order valence-electron chi connectivity index (χ4n) is 2.19. The van der Waals surface area contributed by atoms with E-state index in [1.165, 1.54) is 17.8 Å². The van der Waals surface area contributed by atoms with Crippen LogP contribution in [-0.2, 0) is 0 Å². The molecule has 25 heavy (non-hydrogen) atoms. The number of nitro benzene ring substituents is 1. The quantitative estimate of drug-likeness (QED) is 0.590. The largest absolute Gasteiger partial charge is 0.272 e. The highest BCUT2D eigenvalue weighted by atomic mass is 35.5. The fourth-order valence-corrected chi connectivity index (χ4v) is 3.42. The van der Waals surface area contributed by atoms with Gasteiger partial charge in [0.1, 0.15) is 0 Å². The van der Waals surface area contributed by atoms with E-state index >= 15 is 0 Å². The molecular formula is C16H12Cl2N4O2S. The molecule has 9 heteroatoms. The number of hydrogen-bond donors (Lipinski definition) is 1. The van der Waals surface area contributed by atoms with Crippen LogP contribution in [0.3, 0.4) is 0 Å². The summed E-state index contributed by atoms with van der Waals surface area (Å²) < 4.78 is 0. The average Bonchev–Trinajstić information content (AvgIpc) is 2.58. The Balaban J connectivity index is 1.82. The van der Waals surface area contributed by atoms with Gasteiger partial charge in [-0.05, 0) is 25.1 Å². The first-order valence-corrected chi connectivity index (χ1v) is 8.93. The number of nitro groups is 1. The zero-order valence-electron chi connectivity index (χ0n) is 13.0. The number of nitrogens with zero attached hydrogens (tertiary/aromatic N) is 3. The number of aryl methyl sites for hydroxylation is 1. The highest BCUT2D eigenvalue weighted by Gasteiger charge is 2.17. The van der Waals surface area contributed by atoms with Gasteiger partial charge in [0.25, 0.3) is 5.69 Å². The Bertz CT molecular complexity index is 915. The molecule has 1 N–H and O–H groups in total. The Kier molecular flexibility index (Phi) is 5.27. The minimum Gasteiger partial charge on any atom is -0.258 e. The SMILES string of the molecule is Cc1ccc(C2=NNC(=Nc3ccc(Cl)cc3Cl)SC2)cc1[N+](=O)[O-]. The first-order chi connectivity index (χ1) is 11.9. The van der Waals surface area contributed by atoms with Crippen LogP contribution >= 0.6 is 35.0 Å². The van der Waals surface area contributed by atoms with Gasteiger partial charge in [0.15, 0.2) is 5.17 Å². The van der Waals surface area contributed by atoms with Gasteiger partial charge in [-0.25, -0.2) is 4.99 Å². The van der Waals surface area contributed by atoms with E-state index in [4.69, 9.17) is 23.2 Å². The maximum atomic E-state index is 11.1. The van der Waals surface area contributed by atoms with E-state index < -0.39 is 4.92 Å². The van der Waals surface area contributed by atoms with E-state index in [9.17, 15) is 10.1 Å². The highest BCUT2D eigenvalue weighted by molar-refractivity contribution is 8.14. The molecule has 6 nitrogen and oxygen atoms in total. The average molecular weight is 395 g/mol. The second-order valence-electron chi connectivity index (χ2n) is 5.23. The third kappa shape index (κ3) is 4.12. The number of nitrogens with one attached hydrogen (secondary N) is 1. The number of hydrazone groups is 1. The van der Waals surface area contributed by atoms with Crippen molar-refractivity contribution in [1.82, 2.24) is 5.43 Å². The minimum absolute atomic E-state index is 0.0811. The fraction of sp³-hybridized carbons (Fsp3) is 0.125. The van der Waals surface area contributed by atoms with Crippen LogP contribution in [0.2, 0.25) is 10.0 Å². The number of rotatable bonds is 3. The molecule has 0 atom stereocenters. The molecule has 0 aromatic heterocycles. The number of hydrogen-bond acceptors (Lipinski definition) is 5. The zero-order chi connectivity index (χ0) is 18.0. The Morgan fingerprint density at radius 1 is 1.28 bits per heavy atom. The van der Waals surface area contributed by atoms with Crippen LogP contribution in [0.25, 0.3) is 0 Å². The van der Waals surface area contributed by atoms with Crippen LogP contribution < -0.4 is 5.43 Å². The van der Waals surface area contributed by atoms with Gasteiger partial charge in [-0.15, -0.1) is 0 Å². The number of amidine groups is 1. The van der Waals surface area contributed by atoms with Crippen molar-refractivity contribution < 1.29 is 4.92 Å². The summed E-state index contributed by atoms with van der Waals surface area (Å²) >= 11 is 13.4. The van der Waals surface area contributed by atoms with E-state index in [0.717, 1.165) is 0 Å². The van der Waals surface area contributed by atoms with Crippen LogP contribution in [0.15, 0.2) is 46.5 Å². The molecule has 0 saturated heterocycles. The van der Waals surface area contributed by atoms with Crippen molar-refractivity contribution >= 4 is 57.2 Å². The van der Waals surface area contributed by atoms with Gasteiger partial charge in [0, 0.05) is 28.0 Å². The predicted octanol–water partition coefficient (Wildman–Crippen LogP) is 4.94. The van der Waals surface area contributed by atoms with Crippen LogP contribution in [0, 0.1) is 17.0 Å². The molecular weight excluding hydrogens is 383 g/mol. The lowest BCUT2D eigenvalue weighted by molar-refractivity contribution is -0.385. The van der Waals surface area contributed by atoms with E-state index in [0.29, 0.717) is 43.5 Å². The number of thioether (sulfide) groups is 1. The van der Waals surface area contributed by atoms with Gasteiger partial charge in [-0.1, -0.05) is 47.1 Å². The maximum Gasteiger partial charge on any atom is 0.272 e. The summed E-state index contributed by atoms with van der Waals surface area (Å²) in [6.07, 6.45) is 0. The lowest BCUT2D eigenvalue weighted by Gasteiger charge is -2.15. The van der Waals surface area contributed by atoms with Gasteiger partial charge in [-0.2, -0.15) is 5.10 Å². The molecule has 0 unspecified atom stereocenters. The monoisotopic (exact) mass is 394 g/mol. The molecule has 1 heterocycles. The molecule has 0 bridgehead atoms. The Morgan fingerprint density at radius 3 is 2.72 bits per heavy atom. The predicted molar refractivity (Wildman–Crippen MR) is 104 cm³/mol. The third-order valence-corrected chi connectivity index (χ3v) is 4.91. The lowest BCUT2D eigenvalue weighted by atomic mass is 10.1. The molecule has 0 radical (unpaired) electrons. The lowest BCUT2D eigenvalue weighted by Crippen LogP contribution is -2.25. The molecule has 1 aliphatic heterocycles. The van der Waals surface area contributed by atoms with Gasteiger partial charge in [0.05, 0.1) is 21.3 Å². The van der Waals surface area contributed by atoms with Crippen molar-refractivity contribution in [3.8, 4) is 0 Å². The molecule has 0 saturated carbocycles. The number of aliphatic imine (C=N–C) groups is 1. The summed E-state index contributed by atoms with van der Waals surface area (Å²) in [4.78, 5) is 15.1. The Hall–Kier alpha value is -2.09. The molecule has 3 rings (SSSR count). The van der Waals surface area contributed by atoms with Crippen molar-refractivity contribution in [3.05, 3.63) is 67.7 Å². The molecule has 1 aliphatic rings. The van der Waals surface area contributed by atoms with E-state index in [1.54, 1.807) is 31.2 Å². The molecule has 128 valence electrons. The summed E-state index contributed by atoms with van der Waals surface area (Å²) in [7, 11) is 0. The summed E-state index contributed by atoms with van der Waals surface area (Å²) in [6.45, 7) is 1.71. The molecule has 0 fully saturated rings. The van der Waals surface area contributed by atoms with Crippen molar-refractivity contribution in [3.63, 3.8) is 0 Å². The van der Waals surface area contributed by atoms with Gasteiger partial charge >= 0.3 is 0 Å². The first-order valence-electron chi connectivity index (χ1n) is 7.18. The second kappa shape index (κ2) is 7.43. The molecule has 2 aromatic rings. The molecule has 2 aromatic carbocycles. The van der Waals surface area contributed by atoms with Crippen molar-refractivity contribution in [2.24, 2.45) is 10.1 Å². The van der Waals surface area contributed by atoms with Crippen LogP contribution in [0.5, 0.6) is 0 Å². The highest BCUT2D eigenvalue weighted by Crippen LogP contribution is 2.29. The summed E-state index contributed by atoms with van der Waals surface area (Å²) in [6, 6.07) is 10.1. The van der Waals surface area contributed by atoms with Crippen molar-refractivity contribution in [2.75, 3.05) is 5.75 Å². The van der Waals surface area contributed by atoms with Crippen molar-refractivity contribution in [1.29, 1.82) is 0 Å². The molecule has 0 spiro atoms. The minimum atomic E-state index is -0.391. The normalized spacial score (nSPS) is 15.6. The third-order valence-electron chi connectivity index (χ3n) is 3.50. The zero-order valence-corrected chi connectivity index (χ0v) is 15.3. The van der Waals surface area contributed by atoms with Crippen molar-refractivity contribution in [2.45, 2.75) is 6.92 Å². The van der Waals surface area contributed by atoms with Gasteiger partial charge in [0.2, 0.25) is 0 Å². The number of halogens is 2. The maximum absolute atomic E-state index is 11.1. The van der Waals surface area contributed by atoms with E-state index in [2.05, 4.69) is 15.5 Å². The Morgan fingerprint density at radius 2 is 2.08 bits per heavy atom. The standard InChI is InChI=1S/C16H12Cl2N4O2S/c1-9-2-3-10(6-15(9)22(23)24)14-8-25-16(21-20-14)19-13-5-4-11(17)7-12(13)18/h2-7H,8H2,1H3,(H,19,21). The van der Waals surface area contributed by atoms with E-state index in [-0.39, 0.29) is 5.69 Å². The summed E-state index contributed by atoms with van der Waals surface area (Å²) in [5.41, 5.74) is 5.57. The molecule has 0 aliphatic carbocycles. The van der Waals surface area contributed by atoms with Gasteiger partial charge < -0.3 is 0 Å². The second-order valence-corrected chi connectivity index (χ2v) is 7.04. The Labute approximate surface area is 158 Å². The topological polar surface area (TPSA) is 79.9 Å². The first kappa shape index (κ1) is 17.7. The summed E-state index contributed by atoms with van der Waals surface area (Å²) in [5.74, 6) is 0.539. The van der Waals surface area contributed by atoms with Crippen LogP contribution in [0.4, 0.5) is 11.4 Å². The number of benzene rings is 2. The summed E-state index contributed by atoms with van der Waals surface area (Å²) in [5, 5.41) is 16.9.